The molecule has 0 aromatic heterocycles. The summed E-state index contributed by atoms with van der Waals surface area (Å²) in [6.07, 6.45) is 1.94. The van der Waals surface area contributed by atoms with Gasteiger partial charge in [0, 0.05) is 6.61 Å². The molecule has 2 N–H and O–H groups in total. The SMILES string of the molecule is CNCC[C@@H](CCO)c1ccccc1. The highest BCUT2D eigenvalue weighted by atomic mass is 16.3. The molecule has 0 radical (unpaired) electrons. The Morgan fingerprint density at radius 2 is 1.93 bits per heavy atom. The largest absolute Gasteiger partial charge is 0.396 e. The number of aliphatic hydroxyl groups is 1. The summed E-state index contributed by atoms with van der Waals surface area (Å²) in [6, 6.07) is 10.4. The van der Waals surface area contributed by atoms with Crippen LogP contribution in [0, 0.1) is 0 Å². The molecule has 0 bridgehead atoms. The lowest BCUT2D eigenvalue weighted by Gasteiger charge is -2.15. The van der Waals surface area contributed by atoms with E-state index in [0.717, 1.165) is 19.4 Å². The molecular formula is C12H19NO. The highest BCUT2D eigenvalue weighted by Crippen LogP contribution is 2.22. The molecule has 0 heterocycles. The van der Waals surface area contributed by atoms with E-state index in [9.17, 15) is 0 Å². The van der Waals surface area contributed by atoms with Gasteiger partial charge in [-0.2, -0.15) is 0 Å². The lowest BCUT2D eigenvalue weighted by atomic mass is 9.93. The molecule has 14 heavy (non-hydrogen) atoms. The van der Waals surface area contributed by atoms with E-state index in [-0.39, 0.29) is 6.61 Å². The number of benzene rings is 1. The van der Waals surface area contributed by atoms with Crippen molar-refractivity contribution in [3.05, 3.63) is 35.9 Å². The van der Waals surface area contributed by atoms with Crippen LogP contribution in [-0.2, 0) is 0 Å². The fourth-order valence-electron chi connectivity index (χ4n) is 1.68. The van der Waals surface area contributed by atoms with Crippen LogP contribution < -0.4 is 5.32 Å². The Labute approximate surface area is 86.0 Å². The molecule has 0 aliphatic heterocycles. The van der Waals surface area contributed by atoms with Crippen molar-refractivity contribution in [1.82, 2.24) is 5.32 Å². The van der Waals surface area contributed by atoms with Crippen molar-refractivity contribution >= 4 is 0 Å². The maximum atomic E-state index is 8.98. The van der Waals surface area contributed by atoms with Gasteiger partial charge in [0.25, 0.3) is 0 Å². The normalized spacial score (nSPS) is 12.7. The van der Waals surface area contributed by atoms with E-state index in [1.807, 2.05) is 13.1 Å². The molecule has 1 atom stereocenters. The Hall–Kier alpha value is -0.860. The fraction of sp³-hybridized carbons (Fsp3) is 0.500. The van der Waals surface area contributed by atoms with Crippen LogP contribution in [0.4, 0.5) is 0 Å². The lowest BCUT2D eigenvalue weighted by molar-refractivity contribution is 0.272. The van der Waals surface area contributed by atoms with Crippen LogP contribution in [0.15, 0.2) is 30.3 Å². The second kappa shape index (κ2) is 6.57. The van der Waals surface area contributed by atoms with Gasteiger partial charge < -0.3 is 10.4 Å². The Balaban J connectivity index is 2.58. The second-order valence-electron chi connectivity index (χ2n) is 3.51. The zero-order valence-corrected chi connectivity index (χ0v) is 8.74. The first kappa shape index (κ1) is 11.2. The van der Waals surface area contributed by atoms with E-state index in [0.29, 0.717) is 5.92 Å². The van der Waals surface area contributed by atoms with Gasteiger partial charge in [-0.3, -0.25) is 0 Å². The van der Waals surface area contributed by atoms with Gasteiger partial charge in [-0.25, -0.2) is 0 Å². The summed E-state index contributed by atoms with van der Waals surface area (Å²) in [6.45, 7) is 1.27. The summed E-state index contributed by atoms with van der Waals surface area (Å²) in [4.78, 5) is 0. The number of nitrogens with one attached hydrogen (secondary N) is 1. The molecular weight excluding hydrogens is 174 g/mol. The average molecular weight is 193 g/mol. The monoisotopic (exact) mass is 193 g/mol. The van der Waals surface area contributed by atoms with Crippen LogP contribution in [0.25, 0.3) is 0 Å². The molecule has 0 amide bonds. The van der Waals surface area contributed by atoms with E-state index < -0.39 is 0 Å². The van der Waals surface area contributed by atoms with E-state index in [1.54, 1.807) is 0 Å². The zero-order chi connectivity index (χ0) is 10.2. The number of rotatable bonds is 6. The van der Waals surface area contributed by atoms with Gasteiger partial charge in [0.05, 0.1) is 0 Å². The summed E-state index contributed by atoms with van der Waals surface area (Å²) >= 11 is 0. The first-order valence-corrected chi connectivity index (χ1v) is 5.19. The second-order valence-corrected chi connectivity index (χ2v) is 3.51. The summed E-state index contributed by atoms with van der Waals surface area (Å²) < 4.78 is 0. The van der Waals surface area contributed by atoms with Crippen LogP contribution in [-0.4, -0.2) is 25.3 Å². The third-order valence-electron chi connectivity index (χ3n) is 2.49. The van der Waals surface area contributed by atoms with Gasteiger partial charge in [-0.05, 0) is 37.9 Å². The molecule has 1 rings (SSSR count). The maximum absolute atomic E-state index is 8.98. The average Bonchev–Trinajstić information content (AvgIpc) is 2.25. The van der Waals surface area contributed by atoms with Crippen LogP contribution in [0.2, 0.25) is 0 Å². The molecule has 1 aromatic rings. The summed E-state index contributed by atoms with van der Waals surface area (Å²) in [5.74, 6) is 0.480. The predicted molar refractivity (Wildman–Crippen MR) is 59.4 cm³/mol. The van der Waals surface area contributed by atoms with Crippen molar-refractivity contribution in [3.63, 3.8) is 0 Å². The Morgan fingerprint density at radius 1 is 1.21 bits per heavy atom. The molecule has 0 unspecified atom stereocenters. The molecule has 0 aliphatic carbocycles. The molecule has 78 valence electrons. The third-order valence-corrected chi connectivity index (χ3v) is 2.49. The van der Waals surface area contributed by atoms with E-state index in [4.69, 9.17) is 5.11 Å². The molecule has 2 heteroatoms. The number of hydrogen-bond donors (Lipinski definition) is 2. The van der Waals surface area contributed by atoms with Gasteiger partial charge >= 0.3 is 0 Å². The Kier molecular flexibility index (Phi) is 5.27. The smallest absolute Gasteiger partial charge is 0.0436 e. The van der Waals surface area contributed by atoms with Crippen LogP contribution >= 0.6 is 0 Å². The molecule has 0 saturated carbocycles. The topological polar surface area (TPSA) is 32.3 Å². The lowest BCUT2D eigenvalue weighted by Crippen LogP contribution is -2.13. The van der Waals surface area contributed by atoms with Crippen molar-refractivity contribution in [1.29, 1.82) is 0 Å². The van der Waals surface area contributed by atoms with Crippen molar-refractivity contribution in [2.24, 2.45) is 0 Å². The van der Waals surface area contributed by atoms with Gasteiger partial charge in [0.1, 0.15) is 0 Å². The van der Waals surface area contributed by atoms with Crippen LogP contribution in [0.1, 0.15) is 24.3 Å². The zero-order valence-electron chi connectivity index (χ0n) is 8.74. The highest BCUT2D eigenvalue weighted by molar-refractivity contribution is 5.19. The number of hydrogen-bond acceptors (Lipinski definition) is 2. The van der Waals surface area contributed by atoms with Crippen molar-refractivity contribution < 1.29 is 5.11 Å². The molecule has 2 nitrogen and oxygen atoms in total. The minimum Gasteiger partial charge on any atom is -0.396 e. The third kappa shape index (κ3) is 3.48. The Bertz CT molecular complexity index is 235. The van der Waals surface area contributed by atoms with E-state index in [1.165, 1.54) is 5.56 Å². The first-order valence-electron chi connectivity index (χ1n) is 5.19. The predicted octanol–water partition coefficient (Wildman–Crippen LogP) is 1.76. The molecule has 0 spiro atoms. The van der Waals surface area contributed by atoms with Gasteiger partial charge in [-0.15, -0.1) is 0 Å². The first-order chi connectivity index (χ1) is 6.88. The summed E-state index contributed by atoms with van der Waals surface area (Å²) in [7, 11) is 1.96. The minimum atomic E-state index is 0.267. The molecule has 0 fully saturated rings. The van der Waals surface area contributed by atoms with Gasteiger partial charge in [-0.1, -0.05) is 30.3 Å². The van der Waals surface area contributed by atoms with E-state index >= 15 is 0 Å². The number of aliphatic hydroxyl groups excluding tert-OH is 1. The summed E-state index contributed by atoms with van der Waals surface area (Å²) in [5, 5.41) is 12.1. The fourth-order valence-corrected chi connectivity index (χ4v) is 1.68. The minimum absolute atomic E-state index is 0.267. The van der Waals surface area contributed by atoms with Crippen molar-refractivity contribution in [2.45, 2.75) is 18.8 Å². The maximum Gasteiger partial charge on any atom is 0.0436 e. The van der Waals surface area contributed by atoms with Crippen molar-refractivity contribution in [2.75, 3.05) is 20.2 Å². The van der Waals surface area contributed by atoms with Crippen LogP contribution in [0.5, 0.6) is 0 Å². The van der Waals surface area contributed by atoms with Crippen LogP contribution in [0.3, 0.4) is 0 Å². The van der Waals surface area contributed by atoms with Gasteiger partial charge in [0.15, 0.2) is 0 Å². The Morgan fingerprint density at radius 3 is 2.50 bits per heavy atom. The molecule has 0 saturated heterocycles. The van der Waals surface area contributed by atoms with Crippen molar-refractivity contribution in [3.8, 4) is 0 Å². The van der Waals surface area contributed by atoms with Gasteiger partial charge in [0.2, 0.25) is 0 Å². The highest BCUT2D eigenvalue weighted by Gasteiger charge is 2.09. The molecule has 0 aliphatic rings. The van der Waals surface area contributed by atoms with E-state index in [2.05, 4.69) is 29.6 Å². The standard InChI is InChI=1S/C12H19NO/c1-13-9-7-12(8-10-14)11-5-3-2-4-6-11/h2-6,12-14H,7-10H2,1H3/t12-/m0/s1. The quantitative estimate of drug-likeness (QED) is 0.721. The molecule has 1 aromatic carbocycles. The summed E-state index contributed by atoms with van der Waals surface area (Å²) in [5.41, 5.74) is 1.33.